The van der Waals surface area contributed by atoms with Crippen LogP contribution in [0.15, 0.2) is 52.7 Å². The molecule has 3 rings (SSSR count). The Morgan fingerprint density at radius 2 is 1.85 bits per heavy atom. The number of para-hydroxylation sites is 1. The molecule has 0 saturated heterocycles. The van der Waals surface area contributed by atoms with E-state index in [1.165, 1.54) is 11.3 Å². The summed E-state index contributed by atoms with van der Waals surface area (Å²) in [6, 6.07) is 13.1. The van der Waals surface area contributed by atoms with Crippen LogP contribution in [-0.2, 0) is 0 Å². The Bertz CT molecular complexity index is 929. The molecule has 0 radical (unpaired) electrons. The molecule has 7 heteroatoms. The average molecular weight is 382 g/mol. The van der Waals surface area contributed by atoms with Crippen molar-refractivity contribution >= 4 is 44.0 Å². The van der Waals surface area contributed by atoms with Gasteiger partial charge in [-0.25, -0.2) is 9.78 Å². The molecule has 1 N–H and O–H groups in total. The zero-order chi connectivity index (χ0) is 19.2. The molecule has 0 unspecified atom stereocenters. The number of aromatic nitrogens is 1. The Kier molecular flexibility index (Phi) is 6.13. The maximum Gasteiger partial charge on any atom is 0.338 e. The van der Waals surface area contributed by atoms with E-state index in [9.17, 15) is 9.90 Å². The molecule has 0 saturated carbocycles. The Morgan fingerprint density at radius 1 is 1.11 bits per heavy atom. The molecule has 0 atom stereocenters. The van der Waals surface area contributed by atoms with E-state index in [0.29, 0.717) is 10.8 Å². The van der Waals surface area contributed by atoms with Crippen molar-refractivity contribution in [1.82, 2.24) is 4.98 Å². The molecule has 0 aliphatic heterocycles. The van der Waals surface area contributed by atoms with Crippen LogP contribution in [0.4, 0.5) is 16.5 Å². The van der Waals surface area contributed by atoms with E-state index in [1.54, 1.807) is 12.1 Å². The standard InChI is InChI=1S/C20H22N4O2S/c1-3-11-24(12-4-2)14-9-10-16(15(13-14)19(25)26)22-23-20-21-17-7-5-6-8-18(17)27-20/h5-10,13H,3-4,11-12H2,1-2H3,(H,25,26). The summed E-state index contributed by atoms with van der Waals surface area (Å²) in [7, 11) is 0. The number of benzene rings is 2. The monoisotopic (exact) mass is 382 g/mol. The fourth-order valence-electron chi connectivity index (χ4n) is 2.89. The van der Waals surface area contributed by atoms with Crippen molar-refractivity contribution in [3.8, 4) is 0 Å². The normalized spacial score (nSPS) is 11.3. The van der Waals surface area contributed by atoms with Gasteiger partial charge in [-0.3, -0.25) is 0 Å². The largest absolute Gasteiger partial charge is 0.478 e. The second-order valence-electron chi connectivity index (χ2n) is 6.16. The number of aromatic carboxylic acids is 1. The minimum Gasteiger partial charge on any atom is -0.478 e. The molecular formula is C20H22N4O2S. The van der Waals surface area contributed by atoms with Crippen LogP contribution in [0, 0.1) is 0 Å². The van der Waals surface area contributed by atoms with E-state index >= 15 is 0 Å². The lowest BCUT2D eigenvalue weighted by Crippen LogP contribution is -2.25. The molecule has 140 valence electrons. The number of nitrogens with zero attached hydrogens (tertiary/aromatic N) is 4. The molecule has 27 heavy (non-hydrogen) atoms. The van der Waals surface area contributed by atoms with Crippen LogP contribution >= 0.6 is 11.3 Å². The Hall–Kier alpha value is -2.80. The Labute approximate surface area is 162 Å². The van der Waals surface area contributed by atoms with Crippen LogP contribution in [0.25, 0.3) is 10.2 Å². The SMILES string of the molecule is CCCN(CCC)c1ccc(N=Nc2nc3ccccc3s2)c(C(=O)O)c1. The van der Waals surface area contributed by atoms with Crippen molar-refractivity contribution in [3.05, 3.63) is 48.0 Å². The molecular weight excluding hydrogens is 360 g/mol. The molecule has 0 bridgehead atoms. The number of hydrogen-bond acceptors (Lipinski definition) is 6. The van der Waals surface area contributed by atoms with Crippen LogP contribution in [0.2, 0.25) is 0 Å². The molecule has 1 heterocycles. The smallest absolute Gasteiger partial charge is 0.338 e. The number of azo groups is 1. The van der Waals surface area contributed by atoms with Crippen molar-refractivity contribution in [3.63, 3.8) is 0 Å². The third-order valence-electron chi connectivity index (χ3n) is 4.09. The molecule has 0 aliphatic carbocycles. The zero-order valence-corrected chi connectivity index (χ0v) is 16.2. The van der Waals surface area contributed by atoms with Gasteiger partial charge in [0.1, 0.15) is 5.69 Å². The van der Waals surface area contributed by atoms with E-state index in [1.807, 2.05) is 30.3 Å². The van der Waals surface area contributed by atoms with Gasteiger partial charge in [0, 0.05) is 18.8 Å². The van der Waals surface area contributed by atoms with E-state index in [4.69, 9.17) is 0 Å². The number of carbonyl (C=O) groups is 1. The van der Waals surface area contributed by atoms with Crippen LogP contribution in [0.5, 0.6) is 0 Å². The zero-order valence-electron chi connectivity index (χ0n) is 15.4. The van der Waals surface area contributed by atoms with Gasteiger partial charge in [-0.2, -0.15) is 0 Å². The van der Waals surface area contributed by atoms with Gasteiger partial charge in [0.25, 0.3) is 0 Å². The highest BCUT2D eigenvalue weighted by atomic mass is 32.1. The predicted molar refractivity (Wildman–Crippen MR) is 110 cm³/mol. The number of rotatable bonds is 8. The van der Waals surface area contributed by atoms with Gasteiger partial charge in [0.15, 0.2) is 0 Å². The first-order chi connectivity index (χ1) is 13.1. The number of carboxylic acid groups (broad SMARTS) is 1. The van der Waals surface area contributed by atoms with E-state index in [0.717, 1.165) is 41.8 Å². The van der Waals surface area contributed by atoms with Crippen molar-refractivity contribution in [2.75, 3.05) is 18.0 Å². The topological polar surface area (TPSA) is 78.2 Å². The molecule has 3 aromatic rings. The van der Waals surface area contributed by atoms with Crippen molar-refractivity contribution in [2.45, 2.75) is 26.7 Å². The maximum atomic E-state index is 11.7. The summed E-state index contributed by atoms with van der Waals surface area (Å²) in [5.41, 5.74) is 2.24. The van der Waals surface area contributed by atoms with Crippen molar-refractivity contribution < 1.29 is 9.90 Å². The minimum atomic E-state index is -1.01. The number of anilines is 1. The summed E-state index contributed by atoms with van der Waals surface area (Å²) < 4.78 is 1.02. The molecule has 0 fully saturated rings. The quantitative estimate of drug-likeness (QED) is 0.482. The van der Waals surface area contributed by atoms with Crippen LogP contribution < -0.4 is 4.90 Å². The summed E-state index contributed by atoms with van der Waals surface area (Å²) >= 11 is 1.42. The lowest BCUT2D eigenvalue weighted by molar-refractivity contribution is 0.0698. The molecule has 0 spiro atoms. The second-order valence-corrected chi connectivity index (χ2v) is 7.17. The Balaban J connectivity index is 1.91. The average Bonchev–Trinajstić information content (AvgIpc) is 3.09. The van der Waals surface area contributed by atoms with E-state index < -0.39 is 5.97 Å². The van der Waals surface area contributed by atoms with Crippen molar-refractivity contribution in [2.24, 2.45) is 10.2 Å². The highest BCUT2D eigenvalue weighted by Crippen LogP contribution is 2.31. The number of carboxylic acids is 1. The van der Waals surface area contributed by atoms with Gasteiger partial charge in [-0.1, -0.05) is 37.3 Å². The fraction of sp³-hybridized carbons (Fsp3) is 0.300. The van der Waals surface area contributed by atoms with Gasteiger partial charge in [-0.05, 0) is 43.2 Å². The highest BCUT2D eigenvalue weighted by molar-refractivity contribution is 7.21. The van der Waals surface area contributed by atoms with Crippen LogP contribution in [0.3, 0.4) is 0 Å². The first kappa shape index (κ1) is 19.0. The number of hydrogen-bond donors (Lipinski definition) is 1. The third-order valence-corrected chi connectivity index (χ3v) is 5.01. The third kappa shape index (κ3) is 4.49. The lowest BCUT2D eigenvalue weighted by Gasteiger charge is -2.24. The molecule has 0 amide bonds. The van der Waals surface area contributed by atoms with E-state index in [2.05, 4.69) is 34.0 Å². The van der Waals surface area contributed by atoms with Gasteiger partial charge >= 0.3 is 5.97 Å². The second kappa shape index (κ2) is 8.73. The van der Waals surface area contributed by atoms with Gasteiger partial charge in [0.05, 0.1) is 15.8 Å². The predicted octanol–water partition coefficient (Wildman–Crippen LogP) is 6.04. The summed E-state index contributed by atoms with van der Waals surface area (Å²) in [6.07, 6.45) is 2.00. The molecule has 2 aromatic carbocycles. The number of fused-ring (bicyclic) bond motifs is 1. The maximum absolute atomic E-state index is 11.7. The van der Waals surface area contributed by atoms with Gasteiger partial charge in [0.2, 0.25) is 5.13 Å². The van der Waals surface area contributed by atoms with Gasteiger partial charge in [-0.15, -0.1) is 10.2 Å². The fourth-order valence-corrected chi connectivity index (χ4v) is 3.68. The molecule has 6 nitrogen and oxygen atoms in total. The van der Waals surface area contributed by atoms with E-state index in [-0.39, 0.29) is 5.56 Å². The summed E-state index contributed by atoms with van der Waals surface area (Å²) in [5.74, 6) is -1.01. The summed E-state index contributed by atoms with van der Waals surface area (Å²) in [5, 5.41) is 18.4. The molecule has 0 aliphatic rings. The molecule has 1 aromatic heterocycles. The minimum absolute atomic E-state index is 0.148. The first-order valence-electron chi connectivity index (χ1n) is 9.02. The Morgan fingerprint density at radius 3 is 2.52 bits per heavy atom. The van der Waals surface area contributed by atoms with Gasteiger partial charge < -0.3 is 10.0 Å². The van der Waals surface area contributed by atoms with Crippen molar-refractivity contribution in [1.29, 1.82) is 0 Å². The highest BCUT2D eigenvalue weighted by Gasteiger charge is 2.14. The summed E-state index contributed by atoms with van der Waals surface area (Å²) in [6.45, 7) is 6.00. The first-order valence-corrected chi connectivity index (χ1v) is 9.83. The van der Waals surface area contributed by atoms with Crippen LogP contribution in [-0.4, -0.2) is 29.1 Å². The lowest BCUT2D eigenvalue weighted by atomic mass is 10.1. The van der Waals surface area contributed by atoms with Crippen LogP contribution in [0.1, 0.15) is 37.0 Å². The number of thiazole rings is 1. The summed E-state index contributed by atoms with van der Waals surface area (Å²) in [4.78, 5) is 18.3.